The van der Waals surface area contributed by atoms with Crippen molar-refractivity contribution in [3.63, 3.8) is 0 Å². The van der Waals surface area contributed by atoms with Crippen LogP contribution in [0.1, 0.15) is 25.0 Å². The minimum atomic E-state index is 0. The Kier molecular flexibility index (Phi) is 10.5. The molecule has 0 amide bonds. The summed E-state index contributed by atoms with van der Waals surface area (Å²) in [4.78, 5) is 11.0. The summed E-state index contributed by atoms with van der Waals surface area (Å²) in [5, 5.41) is 6.63. The molecule has 0 radical (unpaired) electrons. The zero-order valence-corrected chi connectivity index (χ0v) is 18.9. The number of aliphatic imine (C=N–C) groups is 1. The van der Waals surface area contributed by atoms with Gasteiger partial charge in [0.05, 0.1) is 7.11 Å². The number of nitrogens with zero attached hydrogens (tertiary/aromatic N) is 3. The molecular formula is C20H30IN5O. The number of nitrogens with one attached hydrogen (secondary N) is 2. The first kappa shape index (κ1) is 23.0. The van der Waals surface area contributed by atoms with E-state index in [1.165, 1.54) is 0 Å². The molecule has 0 aliphatic rings. The van der Waals surface area contributed by atoms with Crippen molar-refractivity contribution in [3.8, 4) is 5.75 Å². The number of pyridine rings is 1. The number of hydrogen-bond donors (Lipinski definition) is 2. The number of rotatable bonds is 8. The summed E-state index contributed by atoms with van der Waals surface area (Å²) < 4.78 is 5.25. The van der Waals surface area contributed by atoms with E-state index in [4.69, 9.17) is 4.74 Å². The second kappa shape index (κ2) is 12.4. The molecule has 2 rings (SSSR count). The Morgan fingerprint density at radius 2 is 1.78 bits per heavy atom. The summed E-state index contributed by atoms with van der Waals surface area (Å²) in [5.74, 6) is 2.62. The molecule has 0 unspecified atom stereocenters. The van der Waals surface area contributed by atoms with Crippen molar-refractivity contribution < 1.29 is 4.74 Å². The number of hydrogen-bond acceptors (Lipinski definition) is 4. The molecule has 0 bridgehead atoms. The van der Waals surface area contributed by atoms with Gasteiger partial charge in [-0.3, -0.25) is 4.99 Å². The number of halogens is 1. The van der Waals surface area contributed by atoms with Crippen LogP contribution in [0.3, 0.4) is 0 Å². The van der Waals surface area contributed by atoms with Gasteiger partial charge >= 0.3 is 0 Å². The fourth-order valence-electron chi connectivity index (χ4n) is 2.63. The van der Waals surface area contributed by atoms with E-state index in [1.807, 2.05) is 24.4 Å². The zero-order chi connectivity index (χ0) is 18.8. The predicted molar refractivity (Wildman–Crippen MR) is 123 cm³/mol. The molecule has 7 heteroatoms. The van der Waals surface area contributed by atoms with Gasteiger partial charge in [-0.05, 0) is 43.2 Å². The maximum absolute atomic E-state index is 5.25. The average Bonchev–Trinajstić information content (AvgIpc) is 2.70. The number of methoxy groups -OCH3 is 1. The molecule has 0 fully saturated rings. The van der Waals surface area contributed by atoms with Crippen molar-refractivity contribution in [2.24, 2.45) is 4.99 Å². The Morgan fingerprint density at radius 3 is 2.33 bits per heavy atom. The van der Waals surface area contributed by atoms with E-state index in [0.717, 1.165) is 41.7 Å². The van der Waals surface area contributed by atoms with Crippen LogP contribution in [-0.4, -0.2) is 38.2 Å². The van der Waals surface area contributed by atoms with Crippen LogP contribution < -0.4 is 20.3 Å². The third-order valence-corrected chi connectivity index (χ3v) is 4.17. The third-order valence-electron chi connectivity index (χ3n) is 4.17. The van der Waals surface area contributed by atoms with E-state index < -0.39 is 0 Å². The molecule has 1 aromatic carbocycles. The molecule has 148 valence electrons. The summed E-state index contributed by atoms with van der Waals surface area (Å²) in [6, 6.07) is 12.1. The number of benzene rings is 1. The lowest BCUT2D eigenvalue weighted by Crippen LogP contribution is -2.36. The summed E-state index contributed by atoms with van der Waals surface area (Å²) in [7, 11) is 3.44. The number of guanidine groups is 1. The molecule has 0 spiro atoms. The molecule has 0 aliphatic carbocycles. The normalized spacial score (nSPS) is 10.7. The largest absolute Gasteiger partial charge is 0.497 e. The zero-order valence-electron chi connectivity index (χ0n) is 16.5. The van der Waals surface area contributed by atoms with Crippen molar-refractivity contribution in [2.75, 3.05) is 32.1 Å². The van der Waals surface area contributed by atoms with E-state index in [0.29, 0.717) is 13.1 Å². The first-order valence-corrected chi connectivity index (χ1v) is 8.97. The van der Waals surface area contributed by atoms with Crippen LogP contribution in [0.4, 0.5) is 5.82 Å². The Labute approximate surface area is 179 Å². The molecule has 0 atom stereocenters. The van der Waals surface area contributed by atoms with Crippen molar-refractivity contribution in [1.82, 2.24) is 15.6 Å². The van der Waals surface area contributed by atoms with Crippen molar-refractivity contribution in [1.29, 1.82) is 0 Å². The molecule has 2 aromatic rings. The highest BCUT2D eigenvalue weighted by atomic mass is 127. The van der Waals surface area contributed by atoms with Gasteiger partial charge in [-0.15, -0.1) is 24.0 Å². The first-order valence-electron chi connectivity index (χ1n) is 8.97. The van der Waals surface area contributed by atoms with Gasteiger partial charge in [-0.25, -0.2) is 4.98 Å². The standard InChI is InChI=1S/C20H29N5O.HI/c1-5-25(6-2)19-11-10-17(14-22-19)15-24-20(21-3)23-13-16-8-7-9-18(12-16)26-4;/h7-12,14H,5-6,13,15H2,1-4H3,(H2,21,23,24);1H. The highest BCUT2D eigenvalue weighted by molar-refractivity contribution is 14.0. The van der Waals surface area contributed by atoms with Gasteiger partial charge in [0.2, 0.25) is 0 Å². The monoisotopic (exact) mass is 483 g/mol. The van der Waals surface area contributed by atoms with E-state index >= 15 is 0 Å². The third kappa shape index (κ3) is 7.24. The molecule has 0 aliphatic heterocycles. The fraction of sp³-hybridized carbons (Fsp3) is 0.400. The fourth-order valence-corrected chi connectivity index (χ4v) is 2.63. The molecule has 27 heavy (non-hydrogen) atoms. The van der Waals surface area contributed by atoms with Gasteiger partial charge < -0.3 is 20.3 Å². The minimum absolute atomic E-state index is 0. The molecule has 2 N–H and O–H groups in total. The van der Waals surface area contributed by atoms with Gasteiger partial charge in [0, 0.05) is 39.4 Å². The van der Waals surface area contributed by atoms with Gasteiger partial charge in [0.25, 0.3) is 0 Å². The Balaban J connectivity index is 0.00000364. The molecule has 0 saturated heterocycles. The maximum Gasteiger partial charge on any atom is 0.191 e. The topological polar surface area (TPSA) is 61.8 Å². The van der Waals surface area contributed by atoms with Crippen molar-refractivity contribution in [2.45, 2.75) is 26.9 Å². The van der Waals surface area contributed by atoms with E-state index in [-0.39, 0.29) is 24.0 Å². The lowest BCUT2D eigenvalue weighted by atomic mass is 10.2. The van der Waals surface area contributed by atoms with Crippen LogP contribution >= 0.6 is 24.0 Å². The Hall–Kier alpha value is -2.03. The number of aromatic nitrogens is 1. The quantitative estimate of drug-likeness (QED) is 0.343. The second-order valence-corrected chi connectivity index (χ2v) is 5.83. The van der Waals surface area contributed by atoms with Crippen LogP contribution in [-0.2, 0) is 13.1 Å². The highest BCUT2D eigenvalue weighted by Crippen LogP contribution is 2.12. The maximum atomic E-state index is 5.25. The Morgan fingerprint density at radius 1 is 1.07 bits per heavy atom. The Bertz CT molecular complexity index is 702. The summed E-state index contributed by atoms with van der Waals surface area (Å²) >= 11 is 0. The lowest BCUT2D eigenvalue weighted by molar-refractivity contribution is 0.414. The van der Waals surface area contributed by atoms with Crippen molar-refractivity contribution >= 4 is 35.8 Å². The number of ether oxygens (including phenoxy) is 1. The predicted octanol–water partition coefficient (Wildman–Crippen LogP) is 3.42. The van der Waals surface area contributed by atoms with Gasteiger partial charge in [0.1, 0.15) is 11.6 Å². The van der Waals surface area contributed by atoms with Crippen LogP contribution in [0.25, 0.3) is 0 Å². The molecule has 6 nitrogen and oxygen atoms in total. The van der Waals surface area contributed by atoms with E-state index in [2.05, 4.69) is 57.6 Å². The minimum Gasteiger partial charge on any atom is -0.497 e. The summed E-state index contributed by atoms with van der Waals surface area (Å²) in [6.45, 7) is 7.54. The summed E-state index contributed by atoms with van der Waals surface area (Å²) in [6.07, 6.45) is 1.91. The van der Waals surface area contributed by atoms with Gasteiger partial charge in [-0.2, -0.15) is 0 Å². The van der Waals surface area contributed by atoms with E-state index in [9.17, 15) is 0 Å². The summed E-state index contributed by atoms with van der Waals surface area (Å²) in [5.41, 5.74) is 2.25. The van der Waals surface area contributed by atoms with Gasteiger partial charge in [-0.1, -0.05) is 18.2 Å². The molecule has 0 saturated carbocycles. The highest BCUT2D eigenvalue weighted by Gasteiger charge is 2.04. The van der Waals surface area contributed by atoms with Crippen LogP contribution in [0.5, 0.6) is 5.75 Å². The molecular weight excluding hydrogens is 453 g/mol. The van der Waals surface area contributed by atoms with Crippen LogP contribution in [0, 0.1) is 0 Å². The van der Waals surface area contributed by atoms with Crippen LogP contribution in [0.2, 0.25) is 0 Å². The van der Waals surface area contributed by atoms with Gasteiger partial charge in [0.15, 0.2) is 5.96 Å². The van der Waals surface area contributed by atoms with Crippen molar-refractivity contribution in [3.05, 3.63) is 53.7 Å². The average molecular weight is 483 g/mol. The first-order chi connectivity index (χ1) is 12.7. The lowest BCUT2D eigenvalue weighted by Gasteiger charge is -2.19. The van der Waals surface area contributed by atoms with Crippen LogP contribution in [0.15, 0.2) is 47.6 Å². The number of anilines is 1. The molecule has 1 aromatic heterocycles. The SMILES string of the molecule is CCN(CC)c1ccc(CNC(=NC)NCc2cccc(OC)c2)cn1.I. The second-order valence-electron chi connectivity index (χ2n) is 5.83. The van der Waals surface area contributed by atoms with E-state index in [1.54, 1.807) is 14.2 Å². The molecule has 1 heterocycles. The smallest absolute Gasteiger partial charge is 0.191 e.